The fourth-order valence-electron chi connectivity index (χ4n) is 1.55. The maximum absolute atomic E-state index is 10.4. The number of hydrogen-bond acceptors (Lipinski definition) is 4. The monoisotopic (exact) mass is 240 g/mol. The minimum atomic E-state index is -1.02. The Bertz CT molecular complexity index is 388. The summed E-state index contributed by atoms with van der Waals surface area (Å²) in [6.45, 7) is 0. The van der Waals surface area contributed by atoms with Gasteiger partial charge in [-0.15, -0.1) is 0 Å². The number of ether oxygens (including phenoxy) is 2. The first-order chi connectivity index (χ1) is 8.06. The largest absolute Gasteiger partial charge is 0.497 e. The lowest BCUT2D eigenvalue weighted by Crippen LogP contribution is -2.16. The minimum absolute atomic E-state index is 0.236. The molecule has 0 fully saturated rings. The predicted molar refractivity (Wildman–Crippen MR) is 61.5 cm³/mol. The molecule has 5 heteroatoms. The molecule has 0 radical (unpaired) electrons. The number of methoxy groups -OCH3 is 2. The number of hydrogen-bond donors (Lipinski definition) is 2. The quantitative estimate of drug-likeness (QED) is 0.778. The molecule has 0 amide bonds. The second kappa shape index (κ2) is 6.10. The van der Waals surface area contributed by atoms with E-state index < -0.39 is 12.1 Å². The summed E-state index contributed by atoms with van der Waals surface area (Å²) in [6.07, 6.45) is -0.968. The maximum atomic E-state index is 10.4. The molecule has 5 nitrogen and oxygen atoms in total. The topological polar surface area (TPSA) is 76.0 Å². The van der Waals surface area contributed by atoms with Crippen molar-refractivity contribution in [1.29, 1.82) is 0 Å². The second-order valence-electron chi connectivity index (χ2n) is 3.63. The first kappa shape index (κ1) is 13.3. The van der Waals surface area contributed by atoms with E-state index in [1.54, 1.807) is 25.3 Å². The van der Waals surface area contributed by atoms with E-state index in [1.165, 1.54) is 7.11 Å². The molecule has 0 aliphatic rings. The van der Waals surface area contributed by atoms with Crippen molar-refractivity contribution in [2.75, 3.05) is 14.2 Å². The van der Waals surface area contributed by atoms with Gasteiger partial charge in [-0.2, -0.15) is 0 Å². The van der Waals surface area contributed by atoms with Gasteiger partial charge >= 0.3 is 5.97 Å². The third kappa shape index (κ3) is 3.96. The summed E-state index contributed by atoms with van der Waals surface area (Å²) in [5.41, 5.74) is 0.752. The molecule has 0 bridgehead atoms. The molecule has 1 unspecified atom stereocenters. The van der Waals surface area contributed by atoms with Gasteiger partial charge < -0.3 is 19.7 Å². The van der Waals surface area contributed by atoms with E-state index in [1.807, 2.05) is 0 Å². The van der Waals surface area contributed by atoms with Crippen LogP contribution >= 0.6 is 0 Å². The molecule has 0 spiro atoms. The van der Waals surface area contributed by atoms with Gasteiger partial charge in [0.2, 0.25) is 0 Å². The molecule has 0 aromatic heterocycles. The molecule has 0 aliphatic carbocycles. The van der Waals surface area contributed by atoms with E-state index in [0.29, 0.717) is 11.5 Å². The highest BCUT2D eigenvalue weighted by Crippen LogP contribution is 2.25. The van der Waals surface area contributed by atoms with E-state index in [2.05, 4.69) is 0 Å². The van der Waals surface area contributed by atoms with E-state index in [4.69, 9.17) is 14.6 Å². The summed E-state index contributed by atoms with van der Waals surface area (Å²) in [4.78, 5) is 10.4. The summed E-state index contributed by atoms with van der Waals surface area (Å²) < 4.78 is 10.2. The molecular formula is C12H16O5. The normalized spacial score (nSPS) is 11.9. The summed E-state index contributed by atoms with van der Waals surface area (Å²) in [7, 11) is 3.07. The van der Waals surface area contributed by atoms with Crippen LogP contribution in [-0.2, 0) is 11.2 Å². The average molecular weight is 240 g/mol. The van der Waals surface area contributed by atoms with Crippen molar-refractivity contribution in [2.24, 2.45) is 0 Å². The van der Waals surface area contributed by atoms with Crippen molar-refractivity contribution in [2.45, 2.75) is 18.9 Å². The smallest absolute Gasteiger partial charge is 0.305 e. The number of aliphatic hydroxyl groups is 1. The zero-order valence-electron chi connectivity index (χ0n) is 9.84. The third-order valence-electron chi connectivity index (χ3n) is 2.36. The molecular weight excluding hydrogens is 224 g/mol. The Morgan fingerprint density at radius 1 is 1.35 bits per heavy atom. The standard InChI is InChI=1S/C12H16O5/c1-16-10-4-3-8(11(7-10)17-2)5-9(13)6-12(14)15/h3-4,7,9,13H,5-6H2,1-2H3,(H,14,15). The van der Waals surface area contributed by atoms with Gasteiger partial charge in [-0.3, -0.25) is 4.79 Å². The number of carboxylic acid groups (broad SMARTS) is 1. The van der Waals surface area contributed by atoms with Crippen LogP contribution in [0.1, 0.15) is 12.0 Å². The molecule has 0 aliphatic heterocycles. The van der Waals surface area contributed by atoms with Crippen molar-refractivity contribution in [3.63, 3.8) is 0 Å². The van der Waals surface area contributed by atoms with Gasteiger partial charge in [0.25, 0.3) is 0 Å². The molecule has 1 aromatic rings. The highest BCUT2D eigenvalue weighted by molar-refractivity contribution is 5.67. The second-order valence-corrected chi connectivity index (χ2v) is 3.63. The van der Waals surface area contributed by atoms with Crippen LogP contribution in [0.5, 0.6) is 11.5 Å². The Labute approximate surface area is 99.6 Å². The van der Waals surface area contributed by atoms with Crippen molar-refractivity contribution in [3.8, 4) is 11.5 Å². The first-order valence-corrected chi connectivity index (χ1v) is 5.17. The van der Waals surface area contributed by atoms with Crippen molar-refractivity contribution >= 4 is 5.97 Å². The highest BCUT2D eigenvalue weighted by atomic mass is 16.5. The van der Waals surface area contributed by atoms with Gasteiger partial charge in [0, 0.05) is 12.5 Å². The highest BCUT2D eigenvalue weighted by Gasteiger charge is 2.13. The van der Waals surface area contributed by atoms with Crippen LogP contribution in [0.2, 0.25) is 0 Å². The van der Waals surface area contributed by atoms with Crippen molar-refractivity contribution in [1.82, 2.24) is 0 Å². The summed E-state index contributed by atoms with van der Waals surface area (Å²) in [6, 6.07) is 5.19. The zero-order valence-corrected chi connectivity index (χ0v) is 9.84. The van der Waals surface area contributed by atoms with Gasteiger partial charge in [0.05, 0.1) is 26.7 Å². The molecule has 94 valence electrons. The number of aliphatic carboxylic acids is 1. The van der Waals surface area contributed by atoms with Crippen LogP contribution in [0.15, 0.2) is 18.2 Å². The summed E-state index contributed by atoms with van der Waals surface area (Å²) in [5.74, 6) is 0.206. The predicted octanol–water partition coefficient (Wildman–Crippen LogP) is 1.08. The van der Waals surface area contributed by atoms with Gasteiger partial charge in [-0.25, -0.2) is 0 Å². The summed E-state index contributed by atoms with van der Waals surface area (Å²) >= 11 is 0. The minimum Gasteiger partial charge on any atom is -0.497 e. The van der Waals surface area contributed by atoms with E-state index in [0.717, 1.165) is 5.56 Å². The van der Waals surface area contributed by atoms with Crippen LogP contribution in [0, 0.1) is 0 Å². The van der Waals surface area contributed by atoms with Crippen molar-refractivity contribution in [3.05, 3.63) is 23.8 Å². The summed E-state index contributed by atoms with van der Waals surface area (Å²) in [5, 5.41) is 18.1. The molecule has 1 aromatic carbocycles. The SMILES string of the molecule is COc1ccc(CC(O)CC(=O)O)c(OC)c1. The third-order valence-corrected chi connectivity index (χ3v) is 2.36. The number of carboxylic acids is 1. The van der Waals surface area contributed by atoms with Gasteiger partial charge in [-0.1, -0.05) is 6.07 Å². The van der Waals surface area contributed by atoms with Crippen LogP contribution in [-0.4, -0.2) is 36.5 Å². The Morgan fingerprint density at radius 2 is 2.06 bits per heavy atom. The molecule has 1 rings (SSSR count). The Balaban J connectivity index is 2.79. The number of aliphatic hydroxyl groups excluding tert-OH is 1. The Kier molecular flexibility index (Phi) is 4.78. The van der Waals surface area contributed by atoms with E-state index in [9.17, 15) is 9.90 Å². The zero-order chi connectivity index (χ0) is 12.8. The number of rotatable bonds is 6. The van der Waals surface area contributed by atoms with Crippen LogP contribution in [0.25, 0.3) is 0 Å². The molecule has 2 N–H and O–H groups in total. The number of benzene rings is 1. The van der Waals surface area contributed by atoms with Gasteiger partial charge in [0.1, 0.15) is 11.5 Å². The van der Waals surface area contributed by atoms with Crippen LogP contribution in [0.3, 0.4) is 0 Å². The first-order valence-electron chi connectivity index (χ1n) is 5.17. The lowest BCUT2D eigenvalue weighted by Gasteiger charge is -2.13. The lowest BCUT2D eigenvalue weighted by atomic mass is 10.0. The van der Waals surface area contributed by atoms with Crippen LogP contribution in [0.4, 0.5) is 0 Å². The Hall–Kier alpha value is -1.75. The maximum Gasteiger partial charge on any atom is 0.305 e. The fourth-order valence-corrected chi connectivity index (χ4v) is 1.55. The Morgan fingerprint density at radius 3 is 2.59 bits per heavy atom. The molecule has 17 heavy (non-hydrogen) atoms. The average Bonchev–Trinajstić information content (AvgIpc) is 2.28. The van der Waals surface area contributed by atoms with Crippen LogP contribution < -0.4 is 9.47 Å². The fraction of sp³-hybridized carbons (Fsp3) is 0.417. The van der Waals surface area contributed by atoms with E-state index in [-0.39, 0.29) is 12.8 Å². The van der Waals surface area contributed by atoms with Gasteiger partial charge in [0.15, 0.2) is 0 Å². The molecule has 0 heterocycles. The molecule has 0 saturated carbocycles. The van der Waals surface area contributed by atoms with E-state index >= 15 is 0 Å². The molecule has 0 saturated heterocycles. The number of carbonyl (C=O) groups is 1. The molecule has 1 atom stereocenters. The van der Waals surface area contributed by atoms with Gasteiger partial charge in [-0.05, 0) is 11.6 Å². The van der Waals surface area contributed by atoms with Crippen molar-refractivity contribution < 1.29 is 24.5 Å². The lowest BCUT2D eigenvalue weighted by molar-refractivity contribution is -0.139.